The third-order valence-corrected chi connectivity index (χ3v) is 3.68. The standard InChI is InChI=1S/C12H13BrN2S/c1-3-15-11(8-14-12(15)16-2)9-4-6-10(13)7-5-9/h4-8H,3H2,1-2H3. The van der Waals surface area contributed by atoms with Crippen LogP contribution in [-0.4, -0.2) is 15.8 Å². The highest BCUT2D eigenvalue weighted by atomic mass is 79.9. The van der Waals surface area contributed by atoms with E-state index in [2.05, 4.69) is 62.9 Å². The van der Waals surface area contributed by atoms with Gasteiger partial charge in [-0.05, 0) is 30.9 Å². The lowest BCUT2D eigenvalue weighted by Gasteiger charge is -2.07. The van der Waals surface area contributed by atoms with Crippen LogP contribution in [0.1, 0.15) is 6.92 Å². The van der Waals surface area contributed by atoms with E-state index < -0.39 is 0 Å². The van der Waals surface area contributed by atoms with Gasteiger partial charge in [0, 0.05) is 11.0 Å². The van der Waals surface area contributed by atoms with Crippen molar-refractivity contribution in [2.24, 2.45) is 0 Å². The van der Waals surface area contributed by atoms with Crippen molar-refractivity contribution in [3.8, 4) is 11.3 Å². The van der Waals surface area contributed by atoms with E-state index in [0.717, 1.165) is 16.2 Å². The molecule has 0 fully saturated rings. The number of aromatic nitrogens is 2. The summed E-state index contributed by atoms with van der Waals surface area (Å²) in [4.78, 5) is 4.42. The van der Waals surface area contributed by atoms with Gasteiger partial charge in [-0.1, -0.05) is 39.8 Å². The average molecular weight is 297 g/mol. The number of benzene rings is 1. The molecule has 0 amide bonds. The lowest BCUT2D eigenvalue weighted by atomic mass is 10.2. The quantitative estimate of drug-likeness (QED) is 0.795. The van der Waals surface area contributed by atoms with E-state index in [1.54, 1.807) is 11.8 Å². The molecule has 2 aromatic rings. The van der Waals surface area contributed by atoms with Gasteiger partial charge < -0.3 is 4.57 Å². The molecule has 2 nitrogen and oxygen atoms in total. The molecule has 4 heteroatoms. The number of rotatable bonds is 3. The van der Waals surface area contributed by atoms with Crippen LogP contribution in [0.5, 0.6) is 0 Å². The monoisotopic (exact) mass is 296 g/mol. The molecule has 1 heterocycles. The number of hydrogen-bond acceptors (Lipinski definition) is 2. The Morgan fingerprint density at radius 1 is 1.31 bits per heavy atom. The van der Waals surface area contributed by atoms with Gasteiger partial charge >= 0.3 is 0 Å². The molecule has 0 N–H and O–H groups in total. The molecule has 84 valence electrons. The number of halogens is 1. The molecule has 2 rings (SSSR count). The second-order valence-electron chi connectivity index (χ2n) is 3.38. The summed E-state index contributed by atoms with van der Waals surface area (Å²) in [5.41, 5.74) is 2.39. The summed E-state index contributed by atoms with van der Waals surface area (Å²) in [7, 11) is 0. The van der Waals surface area contributed by atoms with Crippen LogP contribution >= 0.6 is 27.7 Å². The molecule has 0 bridgehead atoms. The topological polar surface area (TPSA) is 17.8 Å². The molecule has 0 atom stereocenters. The molecule has 1 aromatic heterocycles. The Bertz CT molecular complexity index is 476. The first-order valence-corrected chi connectivity index (χ1v) is 7.13. The molecular weight excluding hydrogens is 284 g/mol. The summed E-state index contributed by atoms with van der Waals surface area (Å²) >= 11 is 5.13. The molecule has 0 radical (unpaired) electrons. The van der Waals surface area contributed by atoms with Crippen molar-refractivity contribution in [1.82, 2.24) is 9.55 Å². The molecule has 0 aliphatic rings. The highest BCUT2D eigenvalue weighted by molar-refractivity contribution is 9.10. The Hall–Kier alpha value is -0.740. The summed E-state index contributed by atoms with van der Waals surface area (Å²) in [5, 5.41) is 1.07. The van der Waals surface area contributed by atoms with Gasteiger partial charge in [0.15, 0.2) is 5.16 Å². The van der Waals surface area contributed by atoms with Crippen LogP contribution in [0.4, 0.5) is 0 Å². The van der Waals surface area contributed by atoms with Crippen LogP contribution < -0.4 is 0 Å². The molecule has 0 aliphatic carbocycles. The Balaban J connectivity index is 2.47. The van der Waals surface area contributed by atoms with Crippen molar-refractivity contribution in [2.75, 3.05) is 6.26 Å². The first kappa shape index (κ1) is 11.7. The number of thioether (sulfide) groups is 1. The van der Waals surface area contributed by atoms with Crippen molar-refractivity contribution >= 4 is 27.7 Å². The van der Waals surface area contributed by atoms with Crippen LogP contribution in [0.3, 0.4) is 0 Å². The van der Waals surface area contributed by atoms with Crippen molar-refractivity contribution in [2.45, 2.75) is 18.6 Å². The van der Waals surface area contributed by atoms with Crippen molar-refractivity contribution in [3.05, 3.63) is 34.9 Å². The minimum Gasteiger partial charge on any atom is -0.319 e. The highest BCUT2D eigenvalue weighted by Crippen LogP contribution is 2.25. The molecule has 0 saturated heterocycles. The van der Waals surface area contributed by atoms with Crippen molar-refractivity contribution < 1.29 is 0 Å². The predicted octanol–water partition coefficient (Wildman–Crippen LogP) is 4.05. The van der Waals surface area contributed by atoms with E-state index in [-0.39, 0.29) is 0 Å². The van der Waals surface area contributed by atoms with Crippen LogP contribution in [-0.2, 0) is 6.54 Å². The Kier molecular flexibility index (Phi) is 3.71. The third kappa shape index (κ3) is 2.18. The molecule has 0 unspecified atom stereocenters. The maximum absolute atomic E-state index is 4.42. The maximum Gasteiger partial charge on any atom is 0.168 e. The van der Waals surface area contributed by atoms with E-state index >= 15 is 0 Å². The minimum atomic E-state index is 0.946. The molecule has 16 heavy (non-hydrogen) atoms. The van der Waals surface area contributed by atoms with Gasteiger partial charge in [0.25, 0.3) is 0 Å². The van der Waals surface area contributed by atoms with E-state index in [1.165, 1.54) is 11.3 Å². The summed E-state index contributed by atoms with van der Waals surface area (Å²) < 4.78 is 3.33. The van der Waals surface area contributed by atoms with Gasteiger partial charge in [-0.15, -0.1) is 0 Å². The van der Waals surface area contributed by atoms with Crippen molar-refractivity contribution in [3.63, 3.8) is 0 Å². The van der Waals surface area contributed by atoms with Gasteiger partial charge in [0.2, 0.25) is 0 Å². The number of nitrogens with zero attached hydrogens (tertiary/aromatic N) is 2. The van der Waals surface area contributed by atoms with Crippen molar-refractivity contribution in [1.29, 1.82) is 0 Å². The fraction of sp³-hybridized carbons (Fsp3) is 0.250. The van der Waals surface area contributed by atoms with Crippen LogP contribution in [0.15, 0.2) is 40.1 Å². The second-order valence-corrected chi connectivity index (χ2v) is 5.07. The summed E-state index contributed by atoms with van der Waals surface area (Å²) in [6.07, 6.45) is 4.00. The summed E-state index contributed by atoms with van der Waals surface area (Å²) in [5.74, 6) is 0. The largest absolute Gasteiger partial charge is 0.319 e. The van der Waals surface area contributed by atoms with Gasteiger partial charge in [0.05, 0.1) is 11.9 Å². The van der Waals surface area contributed by atoms with Crippen LogP contribution in [0, 0.1) is 0 Å². The zero-order chi connectivity index (χ0) is 11.5. The Morgan fingerprint density at radius 2 is 2.00 bits per heavy atom. The predicted molar refractivity (Wildman–Crippen MR) is 72.8 cm³/mol. The second kappa shape index (κ2) is 5.06. The van der Waals surface area contributed by atoms with Gasteiger partial charge in [-0.25, -0.2) is 4.98 Å². The number of hydrogen-bond donors (Lipinski definition) is 0. The molecule has 0 spiro atoms. The van der Waals surface area contributed by atoms with Gasteiger partial charge in [-0.3, -0.25) is 0 Å². The molecule has 1 aromatic carbocycles. The van der Waals surface area contributed by atoms with Crippen LogP contribution in [0.2, 0.25) is 0 Å². The fourth-order valence-corrected chi connectivity index (χ4v) is 2.55. The van der Waals surface area contributed by atoms with Crippen LogP contribution in [0.25, 0.3) is 11.3 Å². The smallest absolute Gasteiger partial charge is 0.168 e. The SMILES string of the molecule is CCn1c(-c2ccc(Br)cc2)cnc1SC. The Morgan fingerprint density at radius 3 is 2.56 bits per heavy atom. The number of imidazole rings is 1. The zero-order valence-electron chi connectivity index (χ0n) is 9.27. The molecular formula is C12H13BrN2S. The first-order chi connectivity index (χ1) is 7.76. The molecule has 0 saturated carbocycles. The van der Waals surface area contributed by atoms with E-state index in [9.17, 15) is 0 Å². The first-order valence-electron chi connectivity index (χ1n) is 5.11. The van der Waals surface area contributed by atoms with E-state index in [1.807, 2.05) is 6.20 Å². The van der Waals surface area contributed by atoms with Gasteiger partial charge in [-0.2, -0.15) is 0 Å². The lowest BCUT2D eigenvalue weighted by molar-refractivity contribution is 0.688. The third-order valence-electron chi connectivity index (χ3n) is 2.46. The minimum absolute atomic E-state index is 0.946. The summed E-state index contributed by atoms with van der Waals surface area (Å²) in [6.45, 7) is 3.09. The van der Waals surface area contributed by atoms with E-state index in [4.69, 9.17) is 0 Å². The normalized spacial score (nSPS) is 10.7. The van der Waals surface area contributed by atoms with Gasteiger partial charge in [0.1, 0.15) is 0 Å². The lowest BCUT2D eigenvalue weighted by Crippen LogP contribution is -1.98. The maximum atomic E-state index is 4.42. The van der Waals surface area contributed by atoms with E-state index in [0.29, 0.717) is 0 Å². The zero-order valence-corrected chi connectivity index (χ0v) is 11.7. The molecule has 0 aliphatic heterocycles. The highest BCUT2D eigenvalue weighted by Gasteiger charge is 2.08. The average Bonchev–Trinajstić information content (AvgIpc) is 2.72. The Labute approximate surface area is 108 Å². The summed E-state index contributed by atoms with van der Waals surface area (Å²) in [6, 6.07) is 8.33. The fourth-order valence-electron chi connectivity index (χ4n) is 1.68.